The number of hydrogen-bond donors (Lipinski definition) is 1. The second kappa shape index (κ2) is 8.00. The van der Waals surface area contributed by atoms with Crippen LogP contribution in [0.2, 0.25) is 10.0 Å². The van der Waals surface area contributed by atoms with Crippen molar-refractivity contribution in [3.05, 3.63) is 33.8 Å². The molecule has 1 N–H and O–H groups in total. The predicted octanol–water partition coefficient (Wildman–Crippen LogP) is 4.46. The Labute approximate surface area is 120 Å². The van der Waals surface area contributed by atoms with Crippen LogP contribution in [0, 0.1) is 0 Å². The van der Waals surface area contributed by atoms with E-state index in [0.29, 0.717) is 22.7 Å². The molecule has 0 radical (unpaired) electrons. The van der Waals surface area contributed by atoms with Gasteiger partial charge in [-0.2, -0.15) is 0 Å². The fourth-order valence-electron chi connectivity index (χ4n) is 2.06. The monoisotopic (exact) mass is 289 g/mol. The zero-order valence-corrected chi connectivity index (χ0v) is 12.7. The molecule has 4 heteroatoms. The molecule has 0 aliphatic heterocycles. The van der Waals surface area contributed by atoms with Crippen molar-refractivity contribution in [2.24, 2.45) is 0 Å². The van der Waals surface area contributed by atoms with Crippen molar-refractivity contribution in [1.82, 2.24) is 5.32 Å². The number of hydrogen-bond acceptors (Lipinski definition) is 2. The van der Waals surface area contributed by atoms with Crippen molar-refractivity contribution in [3.63, 3.8) is 0 Å². The number of halogens is 2. The first-order valence-electron chi connectivity index (χ1n) is 6.28. The minimum absolute atomic E-state index is 0.182. The molecule has 1 rings (SSSR count). The van der Waals surface area contributed by atoms with Crippen molar-refractivity contribution >= 4 is 23.2 Å². The summed E-state index contributed by atoms with van der Waals surface area (Å²) in [5.74, 6) is 0. The van der Waals surface area contributed by atoms with Crippen LogP contribution in [-0.2, 0) is 4.74 Å². The molecule has 0 aromatic heterocycles. The van der Waals surface area contributed by atoms with Crippen LogP contribution < -0.4 is 5.32 Å². The smallest absolute Gasteiger partial charge is 0.0616 e. The molecule has 0 fully saturated rings. The maximum atomic E-state index is 6.21. The summed E-state index contributed by atoms with van der Waals surface area (Å²) in [7, 11) is 1.73. The first-order valence-corrected chi connectivity index (χ1v) is 7.04. The van der Waals surface area contributed by atoms with Crippen molar-refractivity contribution < 1.29 is 4.74 Å². The molecule has 1 aromatic rings. The minimum Gasteiger partial charge on any atom is -0.383 e. The maximum absolute atomic E-state index is 6.21. The molecule has 18 heavy (non-hydrogen) atoms. The van der Waals surface area contributed by atoms with Crippen LogP contribution >= 0.6 is 23.2 Å². The van der Waals surface area contributed by atoms with Gasteiger partial charge in [0, 0.05) is 29.2 Å². The zero-order valence-electron chi connectivity index (χ0n) is 11.2. The zero-order chi connectivity index (χ0) is 13.5. The highest BCUT2D eigenvalue weighted by Gasteiger charge is 2.15. The third-order valence-corrected chi connectivity index (χ3v) is 3.48. The highest BCUT2D eigenvalue weighted by Crippen LogP contribution is 2.26. The first kappa shape index (κ1) is 15.8. The summed E-state index contributed by atoms with van der Waals surface area (Å²) >= 11 is 12.1. The third kappa shape index (κ3) is 4.77. The van der Waals surface area contributed by atoms with E-state index in [0.717, 1.165) is 18.4 Å². The van der Waals surface area contributed by atoms with Gasteiger partial charge < -0.3 is 10.1 Å². The molecule has 2 unspecified atom stereocenters. The van der Waals surface area contributed by atoms with Crippen LogP contribution in [0.5, 0.6) is 0 Å². The van der Waals surface area contributed by atoms with E-state index in [9.17, 15) is 0 Å². The molecule has 0 aliphatic rings. The Morgan fingerprint density at radius 3 is 2.61 bits per heavy atom. The van der Waals surface area contributed by atoms with E-state index in [-0.39, 0.29) is 6.04 Å². The van der Waals surface area contributed by atoms with Gasteiger partial charge in [-0.3, -0.25) is 0 Å². The SMILES string of the molecule is CCCC(COC)NC(C)c1ccc(Cl)cc1Cl. The van der Waals surface area contributed by atoms with Gasteiger partial charge in [0.1, 0.15) is 0 Å². The predicted molar refractivity (Wildman–Crippen MR) is 78.6 cm³/mol. The Kier molecular flexibility index (Phi) is 7.02. The molecule has 0 saturated carbocycles. The Bertz CT molecular complexity index is 365. The topological polar surface area (TPSA) is 21.3 Å². The van der Waals surface area contributed by atoms with E-state index in [2.05, 4.69) is 19.2 Å². The molecule has 0 aliphatic carbocycles. The van der Waals surface area contributed by atoms with E-state index in [1.165, 1.54) is 0 Å². The second-order valence-electron chi connectivity index (χ2n) is 4.50. The Hall–Kier alpha value is -0.280. The molecule has 2 nitrogen and oxygen atoms in total. The summed E-state index contributed by atoms with van der Waals surface area (Å²) in [5, 5.41) is 4.91. The number of benzene rings is 1. The molecule has 0 amide bonds. The van der Waals surface area contributed by atoms with Crippen LogP contribution in [0.25, 0.3) is 0 Å². The lowest BCUT2D eigenvalue weighted by atomic mass is 10.1. The summed E-state index contributed by atoms with van der Waals surface area (Å²) in [4.78, 5) is 0. The lowest BCUT2D eigenvalue weighted by Crippen LogP contribution is -2.35. The van der Waals surface area contributed by atoms with E-state index >= 15 is 0 Å². The van der Waals surface area contributed by atoms with Crippen LogP contribution in [-0.4, -0.2) is 19.8 Å². The maximum Gasteiger partial charge on any atom is 0.0616 e. The molecular weight excluding hydrogens is 269 g/mol. The van der Waals surface area contributed by atoms with Crippen LogP contribution in [0.3, 0.4) is 0 Å². The molecule has 2 atom stereocenters. The van der Waals surface area contributed by atoms with Crippen LogP contribution in [0.4, 0.5) is 0 Å². The largest absolute Gasteiger partial charge is 0.383 e. The number of rotatable bonds is 7. The lowest BCUT2D eigenvalue weighted by Gasteiger charge is -2.23. The van der Waals surface area contributed by atoms with Crippen LogP contribution in [0.1, 0.15) is 38.3 Å². The van der Waals surface area contributed by atoms with Gasteiger partial charge in [0.15, 0.2) is 0 Å². The summed E-state index contributed by atoms with van der Waals surface area (Å²) < 4.78 is 5.23. The number of methoxy groups -OCH3 is 1. The van der Waals surface area contributed by atoms with Gasteiger partial charge in [-0.1, -0.05) is 42.6 Å². The Morgan fingerprint density at radius 1 is 1.33 bits per heavy atom. The molecule has 0 heterocycles. The number of ether oxygens (including phenoxy) is 1. The number of nitrogens with one attached hydrogen (secondary N) is 1. The van der Waals surface area contributed by atoms with Gasteiger partial charge in [0.05, 0.1) is 6.61 Å². The highest BCUT2D eigenvalue weighted by molar-refractivity contribution is 6.35. The third-order valence-electron chi connectivity index (χ3n) is 2.92. The molecule has 102 valence electrons. The summed E-state index contributed by atoms with van der Waals surface area (Å²) in [6, 6.07) is 6.15. The van der Waals surface area contributed by atoms with Gasteiger partial charge in [0.25, 0.3) is 0 Å². The molecular formula is C14H21Cl2NO. The quantitative estimate of drug-likeness (QED) is 0.800. The van der Waals surface area contributed by atoms with Gasteiger partial charge >= 0.3 is 0 Å². The van der Waals surface area contributed by atoms with Gasteiger partial charge in [-0.15, -0.1) is 0 Å². The lowest BCUT2D eigenvalue weighted by molar-refractivity contribution is 0.157. The fourth-order valence-corrected chi connectivity index (χ4v) is 2.63. The normalized spacial score (nSPS) is 14.5. The Morgan fingerprint density at radius 2 is 2.06 bits per heavy atom. The van der Waals surface area contributed by atoms with E-state index < -0.39 is 0 Å². The highest BCUT2D eigenvalue weighted by atomic mass is 35.5. The molecule has 0 bridgehead atoms. The first-order chi connectivity index (χ1) is 8.58. The van der Waals surface area contributed by atoms with Gasteiger partial charge in [0.2, 0.25) is 0 Å². The van der Waals surface area contributed by atoms with Crippen molar-refractivity contribution in [3.8, 4) is 0 Å². The molecule has 0 spiro atoms. The fraction of sp³-hybridized carbons (Fsp3) is 0.571. The summed E-state index contributed by atoms with van der Waals surface area (Å²) in [6.45, 7) is 4.99. The summed E-state index contributed by atoms with van der Waals surface area (Å²) in [5.41, 5.74) is 1.07. The standard InChI is InChI=1S/C14H21Cl2NO/c1-4-5-12(9-18-3)17-10(2)13-7-6-11(15)8-14(13)16/h6-8,10,12,17H,4-5,9H2,1-3H3. The average Bonchev–Trinajstić information content (AvgIpc) is 2.29. The van der Waals surface area contributed by atoms with Crippen molar-refractivity contribution in [1.29, 1.82) is 0 Å². The second-order valence-corrected chi connectivity index (χ2v) is 5.34. The van der Waals surface area contributed by atoms with E-state index in [1.807, 2.05) is 12.1 Å². The average molecular weight is 290 g/mol. The molecule has 0 saturated heterocycles. The van der Waals surface area contributed by atoms with Gasteiger partial charge in [-0.05, 0) is 31.0 Å². The van der Waals surface area contributed by atoms with Crippen molar-refractivity contribution in [2.75, 3.05) is 13.7 Å². The van der Waals surface area contributed by atoms with Crippen LogP contribution in [0.15, 0.2) is 18.2 Å². The van der Waals surface area contributed by atoms with E-state index in [1.54, 1.807) is 13.2 Å². The summed E-state index contributed by atoms with van der Waals surface area (Å²) in [6.07, 6.45) is 2.21. The Balaban J connectivity index is 2.70. The van der Waals surface area contributed by atoms with Crippen molar-refractivity contribution in [2.45, 2.75) is 38.8 Å². The minimum atomic E-state index is 0.182. The van der Waals surface area contributed by atoms with Gasteiger partial charge in [-0.25, -0.2) is 0 Å². The van der Waals surface area contributed by atoms with E-state index in [4.69, 9.17) is 27.9 Å². The molecule has 1 aromatic carbocycles.